The number of H-pyrrole nitrogens is 1. The number of aromatic amines is 1. The van der Waals surface area contributed by atoms with Gasteiger partial charge in [-0.25, -0.2) is 13.2 Å². The molecule has 1 saturated carbocycles. The summed E-state index contributed by atoms with van der Waals surface area (Å²) in [7, 11) is 0. The zero-order chi connectivity index (χ0) is 22.7. The molecule has 2 N–H and O–H groups in total. The van der Waals surface area contributed by atoms with Gasteiger partial charge >= 0.3 is 5.97 Å². The highest BCUT2D eigenvalue weighted by molar-refractivity contribution is 6.00. The van der Waals surface area contributed by atoms with Gasteiger partial charge in [0.2, 0.25) is 0 Å². The Morgan fingerprint density at radius 3 is 2.62 bits per heavy atom. The Labute approximate surface area is 181 Å². The van der Waals surface area contributed by atoms with Gasteiger partial charge in [-0.3, -0.25) is 9.89 Å². The van der Waals surface area contributed by atoms with Crippen LogP contribution < -0.4 is 0 Å². The molecular weight excluding hydrogens is 419 g/mol. The van der Waals surface area contributed by atoms with E-state index in [2.05, 4.69) is 10.2 Å². The normalized spacial score (nSPS) is 18.9. The van der Waals surface area contributed by atoms with Crippen molar-refractivity contribution in [3.8, 4) is 5.69 Å². The number of carboxylic acid groups (broad SMARTS) is 1. The molecular formula is C24H22F3N3O2. The Bertz CT molecular complexity index is 1370. The average molecular weight is 441 g/mol. The molecule has 2 atom stereocenters. The number of hydrogen-bond acceptors (Lipinski definition) is 2. The van der Waals surface area contributed by atoms with Crippen molar-refractivity contribution in [3.05, 3.63) is 59.2 Å². The van der Waals surface area contributed by atoms with Gasteiger partial charge in [0.1, 0.15) is 5.52 Å². The number of aromatic nitrogens is 3. The van der Waals surface area contributed by atoms with E-state index in [4.69, 9.17) is 0 Å². The smallest absolute Gasteiger partial charge is 0.306 e. The van der Waals surface area contributed by atoms with Gasteiger partial charge in [0.05, 0.1) is 17.6 Å². The summed E-state index contributed by atoms with van der Waals surface area (Å²) in [6.07, 6.45) is 3.06. The van der Waals surface area contributed by atoms with Crippen molar-refractivity contribution in [1.29, 1.82) is 0 Å². The van der Waals surface area contributed by atoms with Crippen molar-refractivity contribution in [1.82, 2.24) is 14.8 Å². The van der Waals surface area contributed by atoms with E-state index >= 15 is 4.39 Å². The lowest BCUT2D eigenvalue weighted by Crippen LogP contribution is -2.10. The number of nitrogens with one attached hydrogen (secondary N) is 1. The first-order valence-corrected chi connectivity index (χ1v) is 10.7. The SMILES string of the molecule is CC(C)c1c([C@@H]2CCC(C(=O)O)C2)c2c(F)c3[nH]ncc3cc2n1-c1ccc(F)c(F)c1. The van der Waals surface area contributed by atoms with Crippen LogP contribution in [0, 0.1) is 23.4 Å². The first-order chi connectivity index (χ1) is 15.3. The molecule has 0 radical (unpaired) electrons. The second-order valence-corrected chi connectivity index (χ2v) is 8.85. The van der Waals surface area contributed by atoms with Crippen molar-refractivity contribution in [3.63, 3.8) is 0 Å². The number of aliphatic carboxylic acids is 1. The fraction of sp³-hybridized carbons (Fsp3) is 0.333. The molecule has 8 heteroatoms. The standard InChI is InChI=1S/C24H22F3N3O2/c1-11(2)23-19(12-3-4-13(7-12)24(31)32)20-18(8-14-10-28-29-22(14)21(20)27)30(23)15-5-6-16(25)17(26)9-15/h5-6,8-13H,3-4,7H2,1-2H3,(H,28,29)(H,31,32)/t12-,13?/m1/s1. The molecule has 1 fully saturated rings. The van der Waals surface area contributed by atoms with Crippen LogP contribution in [-0.4, -0.2) is 25.8 Å². The lowest BCUT2D eigenvalue weighted by Gasteiger charge is -2.18. The van der Waals surface area contributed by atoms with Gasteiger partial charge in [-0.15, -0.1) is 0 Å². The van der Waals surface area contributed by atoms with Gasteiger partial charge in [0.15, 0.2) is 17.5 Å². The van der Waals surface area contributed by atoms with E-state index in [1.165, 1.54) is 12.3 Å². The fourth-order valence-electron chi connectivity index (χ4n) is 5.20. The molecule has 0 amide bonds. The molecule has 1 unspecified atom stereocenters. The maximum Gasteiger partial charge on any atom is 0.306 e. The Balaban J connectivity index is 1.88. The monoisotopic (exact) mass is 441 g/mol. The van der Waals surface area contributed by atoms with E-state index in [1.807, 2.05) is 13.8 Å². The van der Waals surface area contributed by atoms with Crippen molar-refractivity contribution >= 4 is 27.8 Å². The second-order valence-electron chi connectivity index (χ2n) is 8.85. The van der Waals surface area contributed by atoms with Crippen molar-refractivity contribution in [2.75, 3.05) is 0 Å². The molecule has 2 heterocycles. The van der Waals surface area contributed by atoms with E-state index < -0.39 is 29.3 Å². The van der Waals surface area contributed by atoms with Crippen LogP contribution in [0.25, 0.3) is 27.5 Å². The molecule has 4 aromatic rings. The largest absolute Gasteiger partial charge is 0.481 e. The summed E-state index contributed by atoms with van der Waals surface area (Å²) < 4.78 is 45.5. The van der Waals surface area contributed by atoms with E-state index in [0.717, 1.165) is 23.4 Å². The number of halogens is 3. The van der Waals surface area contributed by atoms with E-state index in [-0.39, 0.29) is 17.4 Å². The first kappa shape index (κ1) is 20.6. The van der Waals surface area contributed by atoms with Crippen molar-refractivity contribution in [2.45, 2.75) is 44.9 Å². The highest BCUT2D eigenvalue weighted by Crippen LogP contribution is 2.48. The number of nitrogens with zero attached hydrogens (tertiary/aromatic N) is 2. The molecule has 2 aromatic carbocycles. The van der Waals surface area contributed by atoms with E-state index in [1.54, 1.807) is 10.6 Å². The molecule has 1 aliphatic rings. The molecule has 32 heavy (non-hydrogen) atoms. The fourth-order valence-corrected chi connectivity index (χ4v) is 5.20. The molecule has 2 aromatic heterocycles. The maximum atomic E-state index is 15.8. The van der Waals surface area contributed by atoms with Crippen molar-refractivity contribution < 1.29 is 23.1 Å². The summed E-state index contributed by atoms with van der Waals surface area (Å²) in [5, 5.41) is 17.1. The lowest BCUT2D eigenvalue weighted by molar-refractivity contribution is -0.141. The number of hydrogen-bond donors (Lipinski definition) is 2. The zero-order valence-electron chi connectivity index (χ0n) is 17.6. The Kier molecular flexibility index (Phi) is 4.76. The number of fused-ring (bicyclic) bond motifs is 2. The van der Waals surface area contributed by atoms with E-state index in [9.17, 15) is 18.7 Å². The minimum absolute atomic E-state index is 0.0785. The summed E-state index contributed by atoms with van der Waals surface area (Å²) in [5.41, 5.74) is 2.71. The molecule has 5 rings (SSSR count). The van der Waals surface area contributed by atoms with Crippen LogP contribution in [0.3, 0.4) is 0 Å². The van der Waals surface area contributed by atoms with Gasteiger partial charge in [-0.05, 0) is 54.9 Å². The third kappa shape index (κ3) is 3.00. The molecule has 0 bridgehead atoms. The first-order valence-electron chi connectivity index (χ1n) is 10.7. The predicted molar refractivity (Wildman–Crippen MR) is 115 cm³/mol. The van der Waals surface area contributed by atoms with Crippen LogP contribution >= 0.6 is 0 Å². The third-order valence-corrected chi connectivity index (χ3v) is 6.58. The van der Waals surface area contributed by atoms with Gasteiger partial charge in [0.25, 0.3) is 0 Å². The molecule has 5 nitrogen and oxygen atoms in total. The Morgan fingerprint density at radius 1 is 1.19 bits per heavy atom. The number of benzene rings is 2. The summed E-state index contributed by atoms with van der Waals surface area (Å²) in [4.78, 5) is 11.6. The highest BCUT2D eigenvalue weighted by atomic mass is 19.2. The maximum absolute atomic E-state index is 15.8. The molecule has 0 saturated heterocycles. The van der Waals surface area contributed by atoms with Gasteiger partial charge in [-0.2, -0.15) is 5.10 Å². The summed E-state index contributed by atoms with van der Waals surface area (Å²) >= 11 is 0. The van der Waals surface area contributed by atoms with Crippen LogP contribution in [0.2, 0.25) is 0 Å². The quantitative estimate of drug-likeness (QED) is 0.407. The predicted octanol–water partition coefficient (Wildman–Crippen LogP) is 6.02. The van der Waals surface area contributed by atoms with Crippen molar-refractivity contribution in [2.24, 2.45) is 5.92 Å². The summed E-state index contributed by atoms with van der Waals surface area (Å²) in [5.74, 6) is -3.98. The van der Waals surface area contributed by atoms with Gasteiger partial charge in [0, 0.05) is 28.2 Å². The summed E-state index contributed by atoms with van der Waals surface area (Å²) in [6, 6.07) is 5.43. The minimum atomic E-state index is -0.989. The van der Waals surface area contributed by atoms with E-state index in [0.29, 0.717) is 41.2 Å². The van der Waals surface area contributed by atoms with Crippen LogP contribution in [0.4, 0.5) is 13.2 Å². The van der Waals surface area contributed by atoms with Gasteiger partial charge in [-0.1, -0.05) is 13.8 Å². The summed E-state index contributed by atoms with van der Waals surface area (Å²) in [6.45, 7) is 3.92. The minimum Gasteiger partial charge on any atom is -0.481 e. The molecule has 166 valence electrons. The molecule has 1 aliphatic carbocycles. The number of carboxylic acids is 1. The number of carbonyl (C=O) groups is 1. The second kappa shape index (κ2) is 7.39. The number of rotatable bonds is 4. The average Bonchev–Trinajstić information content (AvgIpc) is 3.46. The van der Waals surface area contributed by atoms with Crippen LogP contribution in [0.5, 0.6) is 0 Å². The zero-order valence-corrected chi connectivity index (χ0v) is 17.6. The Hall–Kier alpha value is -3.29. The van der Waals surface area contributed by atoms with Crippen LogP contribution in [0.15, 0.2) is 30.5 Å². The Morgan fingerprint density at radius 2 is 1.97 bits per heavy atom. The third-order valence-electron chi connectivity index (χ3n) is 6.58. The van der Waals surface area contributed by atoms with Crippen LogP contribution in [0.1, 0.15) is 56.2 Å². The molecule has 0 spiro atoms. The topological polar surface area (TPSA) is 70.9 Å². The van der Waals surface area contributed by atoms with Crippen LogP contribution in [-0.2, 0) is 4.79 Å². The lowest BCUT2D eigenvalue weighted by atomic mass is 9.89. The highest BCUT2D eigenvalue weighted by Gasteiger charge is 2.36. The molecule has 0 aliphatic heterocycles. The van der Waals surface area contributed by atoms with Gasteiger partial charge < -0.3 is 9.67 Å².